The van der Waals surface area contributed by atoms with Gasteiger partial charge in [-0.05, 0) is 54.4 Å². The average molecular weight is 320 g/mol. The molecule has 1 N–H and O–H groups in total. The van der Waals surface area contributed by atoms with Crippen molar-refractivity contribution >= 4 is 27.3 Å². The quantitative estimate of drug-likeness (QED) is 0.868. The summed E-state index contributed by atoms with van der Waals surface area (Å²) in [6.45, 7) is 6.39. The molecule has 1 aromatic rings. The Hall–Kier alpha value is -0.230. The van der Waals surface area contributed by atoms with Gasteiger partial charge >= 0.3 is 0 Å². The van der Waals surface area contributed by atoms with Crippen molar-refractivity contribution in [2.75, 3.05) is 7.11 Å². The predicted octanol–water partition coefficient (Wildman–Crippen LogP) is 3.01. The minimum absolute atomic E-state index is 0.251. The maximum Gasteiger partial charge on any atom is 0.136 e. The SMILES string of the molecule is COc1cc(CN[S+]([O-])C(C)(C)C)ccc1Br. The van der Waals surface area contributed by atoms with E-state index in [1.165, 1.54) is 0 Å². The van der Waals surface area contributed by atoms with Crippen LogP contribution in [0.15, 0.2) is 22.7 Å². The number of halogens is 1. The van der Waals surface area contributed by atoms with Crippen LogP contribution in [0.5, 0.6) is 5.75 Å². The highest BCUT2D eigenvalue weighted by molar-refractivity contribution is 9.10. The first-order valence-electron chi connectivity index (χ1n) is 5.32. The number of methoxy groups -OCH3 is 1. The van der Waals surface area contributed by atoms with E-state index in [-0.39, 0.29) is 4.75 Å². The summed E-state index contributed by atoms with van der Waals surface area (Å²) in [5.74, 6) is 0.783. The summed E-state index contributed by atoms with van der Waals surface area (Å²) in [4.78, 5) is 0. The minimum Gasteiger partial charge on any atom is -0.598 e. The lowest BCUT2D eigenvalue weighted by Crippen LogP contribution is -2.38. The van der Waals surface area contributed by atoms with E-state index in [1.807, 2.05) is 39.0 Å². The van der Waals surface area contributed by atoms with Crippen LogP contribution in [0.1, 0.15) is 26.3 Å². The summed E-state index contributed by atoms with van der Waals surface area (Å²) < 4.78 is 20.7. The smallest absolute Gasteiger partial charge is 0.136 e. The maximum absolute atomic E-state index is 11.8. The van der Waals surface area contributed by atoms with Gasteiger partial charge in [-0.15, -0.1) is 4.72 Å². The Labute approximate surface area is 114 Å². The summed E-state index contributed by atoms with van der Waals surface area (Å²) in [5.41, 5.74) is 1.04. The normalized spacial score (nSPS) is 13.5. The fraction of sp³-hybridized carbons (Fsp3) is 0.500. The molecule has 17 heavy (non-hydrogen) atoms. The average Bonchev–Trinajstić information content (AvgIpc) is 2.26. The molecule has 0 saturated carbocycles. The topological polar surface area (TPSA) is 44.3 Å². The van der Waals surface area contributed by atoms with Crippen molar-refractivity contribution in [1.29, 1.82) is 0 Å². The Morgan fingerprint density at radius 3 is 2.59 bits per heavy atom. The van der Waals surface area contributed by atoms with Gasteiger partial charge in [-0.1, -0.05) is 6.07 Å². The molecule has 1 aromatic carbocycles. The fourth-order valence-corrected chi connectivity index (χ4v) is 2.32. The van der Waals surface area contributed by atoms with Crippen LogP contribution in [0, 0.1) is 0 Å². The van der Waals surface area contributed by atoms with E-state index in [1.54, 1.807) is 7.11 Å². The number of hydrogen-bond acceptors (Lipinski definition) is 3. The third kappa shape index (κ3) is 4.50. The van der Waals surface area contributed by atoms with Gasteiger partial charge < -0.3 is 9.29 Å². The summed E-state index contributed by atoms with van der Waals surface area (Å²) in [7, 11) is 1.63. The Morgan fingerprint density at radius 1 is 1.41 bits per heavy atom. The van der Waals surface area contributed by atoms with Gasteiger partial charge in [0, 0.05) is 11.4 Å². The summed E-state index contributed by atoms with van der Waals surface area (Å²) in [5, 5.41) is 0. The first-order valence-corrected chi connectivity index (χ1v) is 7.26. The zero-order valence-corrected chi connectivity index (χ0v) is 12.9. The van der Waals surface area contributed by atoms with Crippen LogP contribution in [0.3, 0.4) is 0 Å². The molecule has 3 nitrogen and oxygen atoms in total. The third-order valence-corrected chi connectivity index (χ3v) is 4.35. The van der Waals surface area contributed by atoms with Crippen LogP contribution in [0.2, 0.25) is 0 Å². The van der Waals surface area contributed by atoms with Gasteiger partial charge in [-0.25, -0.2) is 0 Å². The summed E-state index contributed by atoms with van der Waals surface area (Å²) in [6.07, 6.45) is 0. The monoisotopic (exact) mass is 319 g/mol. The number of benzene rings is 1. The second-order valence-corrected chi connectivity index (χ2v) is 7.58. The molecule has 1 atom stereocenters. The van der Waals surface area contributed by atoms with Crippen LogP contribution >= 0.6 is 15.9 Å². The molecule has 0 aliphatic rings. The van der Waals surface area contributed by atoms with E-state index in [0.717, 1.165) is 15.8 Å². The van der Waals surface area contributed by atoms with E-state index < -0.39 is 11.4 Å². The second kappa shape index (κ2) is 6.09. The second-order valence-electron chi connectivity index (χ2n) is 4.67. The number of hydrogen-bond donors (Lipinski definition) is 1. The van der Waals surface area contributed by atoms with Crippen molar-refractivity contribution in [2.45, 2.75) is 32.1 Å². The van der Waals surface area contributed by atoms with Crippen molar-refractivity contribution in [2.24, 2.45) is 0 Å². The van der Waals surface area contributed by atoms with Gasteiger partial charge in [0.05, 0.1) is 18.1 Å². The molecular weight excluding hydrogens is 302 g/mol. The lowest BCUT2D eigenvalue weighted by Gasteiger charge is -2.23. The third-order valence-electron chi connectivity index (χ3n) is 2.18. The molecule has 0 heterocycles. The van der Waals surface area contributed by atoms with Crippen molar-refractivity contribution in [3.63, 3.8) is 0 Å². The number of nitrogens with one attached hydrogen (secondary N) is 1. The highest BCUT2D eigenvalue weighted by Gasteiger charge is 2.25. The van der Waals surface area contributed by atoms with Crippen LogP contribution < -0.4 is 9.46 Å². The summed E-state index contributed by atoms with van der Waals surface area (Å²) >= 11 is 2.34. The van der Waals surface area contributed by atoms with Gasteiger partial charge in [0.1, 0.15) is 10.5 Å². The van der Waals surface area contributed by atoms with Crippen molar-refractivity contribution in [1.82, 2.24) is 4.72 Å². The Morgan fingerprint density at radius 2 is 2.06 bits per heavy atom. The molecular formula is C12H18BrNO2S. The van der Waals surface area contributed by atoms with E-state index in [0.29, 0.717) is 6.54 Å². The first-order chi connectivity index (χ1) is 7.84. The molecule has 0 spiro atoms. The molecule has 0 aliphatic heterocycles. The van der Waals surface area contributed by atoms with Crippen molar-refractivity contribution < 1.29 is 9.29 Å². The molecule has 0 saturated heterocycles. The maximum atomic E-state index is 11.8. The Bertz CT molecular complexity index is 379. The molecule has 0 aliphatic carbocycles. The Balaban J connectivity index is 2.64. The van der Waals surface area contributed by atoms with Gasteiger partial charge in [-0.3, -0.25) is 0 Å². The molecule has 96 valence electrons. The largest absolute Gasteiger partial charge is 0.598 e. The molecule has 5 heteroatoms. The van der Waals surface area contributed by atoms with Gasteiger partial charge in [0.25, 0.3) is 0 Å². The molecule has 0 radical (unpaired) electrons. The molecule has 0 fully saturated rings. The lowest BCUT2D eigenvalue weighted by molar-refractivity contribution is 0.411. The molecule has 0 amide bonds. The molecule has 1 rings (SSSR count). The highest BCUT2D eigenvalue weighted by atomic mass is 79.9. The number of ether oxygens (including phenoxy) is 1. The van der Waals surface area contributed by atoms with Crippen LogP contribution in [0.4, 0.5) is 0 Å². The van der Waals surface area contributed by atoms with Crippen molar-refractivity contribution in [3.05, 3.63) is 28.2 Å². The Kier molecular flexibility index (Phi) is 5.31. The van der Waals surface area contributed by atoms with E-state index in [9.17, 15) is 4.55 Å². The van der Waals surface area contributed by atoms with E-state index in [2.05, 4.69) is 20.7 Å². The van der Waals surface area contributed by atoms with Gasteiger partial charge in [-0.2, -0.15) is 0 Å². The molecule has 0 aromatic heterocycles. The van der Waals surface area contributed by atoms with E-state index >= 15 is 0 Å². The van der Waals surface area contributed by atoms with Crippen molar-refractivity contribution in [3.8, 4) is 5.75 Å². The summed E-state index contributed by atoms with van der Waals surface area (Å²) in [6, 6.07) is 5.83. The lowest BCUT2D eigenvalue weighted by atomic mass is 10.2. The highest BCUT2D eigenvalue weighted by Crippen LogP contribution is 2.25. The van der Waals surface area contributed by atoms with Crippen LogP contribution in [0.25, 0.3) is 0 Å². The fourth-order valence-electron chi connectivity index (χ4n) is 1.18. The zero-order chi connectivity index (χ0) is 13.1. The minimum atomic E-state index is -1.05. The van der Waals surface area contributed by atoms with E-state index in [4.69, 9.17) is 4.74 Å². The molecule has 1 unspecified atom stereocenters. The predicted molar refractivity (Wildman–Crippen MR) is 75.4 cm³/mol. The molecule has 0 bridgehead atoms. The van der Waals surface area contributed by atoms with Gasteiger partial charge in [0.15, 0.2) is 0 Å². The standard InChI is InChI=1S/C12H18BrNO2S/c1-12(2,3)17(15)14-8-9-5-6-10(13)11(7-9)16-4/h5-7,14H,8H2,1-4H3. The van der Waals surface area contributed by atoms with Gasteiger partial charge in [0.2, 0.25) is 0 Å². The number of rotatable bonds is 4. The van der Waals surface area contributed by atoms with Crippen LogP contribution in [-0.2, 0) is 17.9 Å². The first kappa shape index (κ1) is 14.8. The zero-order valence-electron chi connectivity index (χ0n) is 10.5. The van der Waals surface area contributed by atoms with Crippen LogP contribution in [-0.4, -0.2) is 16.4 Å².